The van der Waals surface area contributed by atoms with Crippen molar-refractivity contribution < 1.29 is 47.0 Å². The van der Waals surface area contributed by atoms with Gasteiger partial charge >= 0.3 is 0 Å². The maximum atomic E-state index is 9.70. The molecule has 0 aliphatic rings. The molecule has 0 spiro atoms. The zero-order valence-electron chi connectivity index (χ0n) is 28.8. The number of rotatable bonds is 6. The molecule has 0 aliphatic carbocycles. The first kappa shape index (κ1) is 46.0. The molecule has 0 fully saturated rings. The van der Waals surface area contributed by atoms with Gasteiger partial charge in [0.15, 0.2) is 0 Å². The van der Waals surface area contributed by atoms with Gasteiger partial charge in [0.05, 0.1) is 24.4 Å². The summed E-state index contributed by atoms with van der Waals surface area (Å²) in [5, 5.41) is 0. The molecule has 0 aromatic heterocycles. The minimum atomic E-state index is -0.264. The first-order valence-corrected chi connectivity index (χ1v) is 14.6. The molecule has 0 atom stereocenters. The molecule has 2 rings (SSSR count). The molecule has 229 valence electrons. The molecule has 2 aromatic rings. The fourth-order valence-corrected chi connectivity index (χ4v) is 2.48. The Morgan fingerprint density at radius 1 is 0.650 bits per heavy atom. The number of benzene rings is 2. The van der Waals surface area contributed by atoms with Crippen LogP contribution in [0.4, 0.5) is 0 Å². The Bertz CT molecular complexity index is 819. The number of carbonyl (C=O) groups excluding carboxylic acids is 1. The average molecular weight is 632 g/mol. The summed E-state index contributed by atoms with van der Waals surface area (Å²) in [6.07, 6.45) is 3.01. The summed E-state index contributed by atoms with van der Waals surface area (Å²) >= 11 is 0. The van der Waals surface area contributed by atoms with Gasteiger partial charge in [-0.3, -0.25) is 6.29 Å². The third-order valence-corrected chi connectivity index (χ3v) is 4.34. The summed E-state index contributed by atoms with van der Waals surface area (Å²) in [6, 6.07) is 16.9. The van der Waals surface area contributed by atoms with Crippen molar-refractivity contribution in [2.24, 2.45) is 11.3 Å². The van der Waals surface area contributed by atoms with E-state index < -0.39 is 0 Å². The van der Waals surface area contributed by atoms with Gasteiger partial charge in [-0.15, -0.1) is 17.5 Å². The van der Waals surface area contributed by atoms with Crippen molar-refractivity contribution in [3.63, 3.8) is 0 Å². The van der Waals surface area contributed by atoms with Gasteiger partial charge in [0.25, 0.3) is 0 Å². The van der Waals surface area contributed by atoms with Crippen molar-refractivity contribution in [1.82, 2.24) is 0 Å². The molecule has 0 saturated heterocycles. The van der Waals surface area contributed by atoms with Crippen LogP contribution in [0.1, 0.15) is 126 Å². The fourth-order valence-electron chi connectivity index (χ4n) is 2.48. The predicted octanol–water partition coefficient (Wildman–Crippen LogP) is 10.6. The van der Waals surface area contributed by atoms with Crippen LogP contribution in [-0.2, 0) is 66.6 Å². The van der Waals surface area contributed by atoms with Gasteiger partial charge in [0.1, 0.15) is 0 Å². The van der Waals surface area contributed by atoms with Gasteiger partial charge in [-0.1, -0.05) is 86.6 Å². The van der Waals surface area contributed by atoms with E-state index in [1.54, 1.807) is 0 Å². The molecule has 0 heterocycles. The van der Waals surface area contributed by atoms with Crippen LogP contribution in [0.2, 0.25) is 0 Å². The third kappa shape index (κ3) is 33.2. The van der Waals surface area contributed by atoms with Crippen molar-refractivity contribution in [3.05, 3.63) is 77.7 Å². The molecule has 40 heavy (non-hydrogen) atoms. The topological polar surface area (TPSA) is 35.5 Å². The van der Waals surface area contributed by atoms with E-state index in [4.69, 9.17) is 9.47 Å². The minimum absolute atomic E-state index is 0. The van der Waals surface area contributed by atoms with Gasteiger partial charge in [-0.2, -0.15) is 24.6 Å². The number of hydrogen-bond acceptors (Lipinski definition) is 3. The Labute approximate surface area is 275 Å². The van der Waals surface area contributed by atoms with Crippen LogP contribution in [0.15, 0.2) is 48.5 Å². The minimum Gasteiger partial charge on any atom is -0.541 e. The maximum absolute atomic E-state index is 9.70. The Balaban J connectivity index is -0.000000243. The van der Waals surface area contributed by atoms with E-state index in [1.165, 1.54) is 16.7 Å². The molecule has 0 unspecified atom stereocenters. The van der Waals surface area contributed by atoms with Gasteiger partial charge in [0, 0.05) is 32.7 Å². The first-order valence-electron chi connectivity index (χ1n) is 14.6. The zero-order valence-corrected chi connectivity index (χ0v) is 31.7. The van der Waals surface area contributed by atoms with Crippen LogP contribution in [-0.4, -0.2) is 17.5 Å². The molecule has 1 radical (unpaired) electrons. The Morgan fingerprint density at radius 2 is 0.925 bits per heavy atom. The van der Waals surface area contributed by atoms with E-state index in [0.29, 0.717) is 13.2 Å². The molecule has 0 saturated carbocycles. The van der Waals surface area contributed by atoms with Crippen molar-refractivity contribution in [2.45, 2.75) is 135 Å². The van der Waals surface area contributed by atoms with E-state index in [-0.39, 0.29) is 49.3 Å². The van der Waals surface area contributed by atoms with Crippen molar-refractivity contribution in [3.8, 4) is 0 Å². The zero-order chi connectivity index (χ0) is 31.3. The first-order chi connectivity index (χ1) is 17.9. The normalized spacial score (nSPS) is 10.6. The van der Waals surface area contributed by atoms with Gasteiger partial charge < -0.3 is 14.3 Å². The van der Waals surface area contributed by atoms with E-state index in [1.807, 2.05) is 79.0 Å². The number of hydrogen-bond donors (Lipinski definition) is 0. The Kier molecular flexibility index (Phi) is 28.3. The van der Waals surface area contributed by atoms with Crippen LogP contribution >= 0.6 is 0 Å². The standard InChI is InChI=1S/C15H24O.C12H17O.C5H9O.2C2H6.Y/c1-12(2)10-13-6-8-14(9-7-13)11-16-15(3,4)5;1-10-5-7-11(8-6-10)9-13-12(2,3)4;1-5(2,3)4-6;2*1-2;/h6-9,12H,10-11H2,1-5H3;5-8H,1,9H2,2-4H3;1-3H3;2*1-2H3;/q;2*-1;;;. The molecule has 3 nitrogen and oxygen atoms in total. The summed E-state index contributed by atoms with van der Waals surface area (Å²) < 4.78 is 11.4. The third-order valence-electron chi connectivity index (χ3n) is 4.34. The predicted molar refractivity (Wildman–Crippen MR) is 173 cm³/mol. The molecular weight excluding hydrogens is 569 g/mol. The molecule has 0 bridgehead atoms. The Hall–Kier alpha value is -0.996. The summed E-state index contributed by atoms with van der Waals surface area (Å²) in [7, 11) is 0. The van der Waals surface area contributed by atoms with Crippen molar-refractivity contribution in [1.29, 1.82) is 0 Å². The summed E-state index contributed by atoms with van der Waals surface area (Å²) in [5.41, 5.74) is 4.51. The largest absolute Gasteiger partial charge is 0.541 e. The second kappa shape index (κ2) is 24.6. The molecule has 0 amide bonds. The van der Waals surface area contributed by atoms with Gasteiger partial charge in [0.2, 0.25) is 0 Å². The maximum Gasteiger partial charge on any atom is 0.0724 e. The average Bonchev–Trinajstić information content (AvgIpc) is 2.85. The summed E-state index contributed by atoms with van der Waals surface area (Å²) in [4.78, 5) is 9.70. The van der Waals surface area contributed by atoms with Crippen molar-refractivity contribution >= 4 is 6.29 Å². The van der Waals surface area contributed by atoms with E-state index in [0.717, 1.165) is 17.9 Å². The fraction of sp³-hybridized carbons (Fsp3) is 0.611. The van der Waals surface area contributed by atoms with Crippen molar-refractivity contribution in [2.75, 3.05) is 0 Å². The van der Waals surface area contributed by atoms with Crippen LogP contribution in [0, 0.1) is 18.3 Å². The molecular formula is C36H62O3Y-2. The Morgan fingerprint density at radius 3 is 1.18 bits per heavy atom. The van der Waals surface area contributed by atoms with E-state index in [2.05, 4.69) is 86.6 Å². The smallest absolute Gasteiger partial charge is 0.0724 e. The number of ether oxygens (including phenoxy) is 2. The monoisotopic (exact) mass is 631 g/mol. The van der Waals surface area contributed by atoms with Crippen LogP contribution < -0.4 is 0 Å². The second-order valence-electron chi connectivity index (χ2n) is 12.4. The van der Waals surface area contributed by atoms with Crippen LogP contribution in [0.25, 0.3) is 0 Å². The molecule has 4 heteroatoms. The summed E-state index contributed by atoms with van der Waals surface area (Å²) in [6.45, 7) is 35.6. The molecule has 0 aliphatic heterocycles. The molecule has 2 aromatic carbocycles. The van der Waals surface area contributed by atoms with Crippen LogP contribution in [0.3, 0.4) is 0 Å². The molecule has 0 N–H and O–H groups in total. The van der Waals surface area contributed by atoms with E-state index in [9.17, 15) is 4.79 Å². The SMILES string of the molecule is CC.CC.CC(C)(C)[C-]=O.CC(C)Cc1ccc(COC(C)(C)C)cc1.[CH2-]c1ccc(COC(C)(C)C)cc1.[Y]. The van der Waals surface area contributed by atoms with E-state index >= 15 is 0 Å². The quantitative estimate of drug-likeness (QED) is 0.298. The van der Waals surface area contributed by atoms with Gasteiger partial charge in [-0.25, -0.2) is 0 Å². The second-order valence-corrected chi connectivity index (χ2v) is 12.4. The summed E-state index contributed by atoms with van der Waals surface area (Å²) in [5.74, 6) is 0.719. The van der Waals surface area contributed by atoms with Gasteiger partial charge in [-0.05, 0) is 70.6 Å². The van der Waals surface area contributed by atoms with Crippen LogP contribution in [0.5, 0.6) is 0 Å².